The van der Waals surface area contributed by atoms with E-state index in [9.17, 15) is 14.4 Å². The van der Waals surface area contributed by atoms with Gasteiger partial charge in [-0.1, -0.05) is 0 Å². The summed E-state index contributed by atoms with van der Waals surface area (Å²) in [5.41, 5.74) is 0.761. The van der Waals surface area contributed by atoms with Crippen molar-refractivity contribution in [2.45, 2.75) is 53.0 Å². The number of thiophene rings is 1. The van der Waals surface area contributed by atoms with Gasteiger partial charge in [-0.15, -0.1) is 11.3 Å². The van der Waals surface area contributed by atoms with Gasteiger partial charge in [-0.2, -0.15) is 0 Å². The Bertz CT molecular complexity index is 853. The fraction of sp³-hybridized carbons (Fsp3) is 0.529. The third-order valence-corrected chi connectivity index (χ3v) is 5.28. The van der Waals surface area contributed by atoms with Crippen molar-refractivity contribution < 1.29 is 14.7 Å². The van der Waals surface area contributed by atoms with Crippen LogP contribution >= 0.6 is 11.3 Å². The van der Waals surface area contributed by atoms with Crippen LogP contribution < -0.4 is 5.56 Å². The smallest absolute Gasteiger partial charge is 0.305 e. The predicted molar refractivity (Wildman–Crippen MR) is 97.1 cm³/mol. The summed E-state index contributed by atoms with van der Waals surface area (Å²) in [7, 11) is 0. The van der Waals surface area contributed by atoms with Gasteiger partial charge >= 0.3 is 5.97 Å². The van der Waals surface area contributed by atoms with Crippen molar-refractivity contribution in [3.8, 4) is 0 Å². The van der Waals surface area contributed by atoms with Crippen LogP contribution in [0.4, 0.5) is 0 Å². The molecular weight excluding hydrogens is 342 g/mol. The Kier molecular flexibility index (Phi) is 5.94. The van der Waals surface area contributed by atoms with E-state index in [1.54, 1.807) is 4.90 Å². The average molecular weight is 365 g/mol. The first-order valence-electron chi connectivity index (χ1n) is 8.20. The predicted octanol–water partition coefficient (Wildman–Crippen LogP) is 2.25. The molecule has 0 saturated carbocycles. The number of hydrogen-bond donors (Lipinski definition) is 2. The molecule has 7 nitrogen and oxygen atoms in total. The van der Waals surface area contributed by atoms with E-state index in [-0.39, 0.29) is 36.9 Å². The number of H-pyrrole nitrogens is 1. The summed E-state index contributed by atoms with van der Waals surface area (Å²) in [6.45, 7) is 7.73. The second-order valence-corrected chi connectivity index (χ2v) is 7.50. The number of aryl methyl sites for hydroxylation is 3. The van der Waals surface area contributed by atoms with Crippen molar-refractivity contribution in [3.63, 3.8) is 0 Å². The van der Waals surface area contributed by atoms with E-state index in [0.717, 1.165) is 10.4 Å². The fourth-order valence-electron chi connectivity index (χ4n) is 2.67. The topological polar surface area (TPSA) is 103 Å². The van der Waals surface area contributed by atoms with Crippen molar-refractivity contribution in [3.05, 3.63) is 26.6 Å². The molecule has 0 aliphatic carbocycles. The van der Waals surface area contributed by atoms with E-state index in [2.05, 4.69) is 9.97 Å². The summed E-state index contributed by atoms with van der Waals surface area (Å²) in [4.78, 5) is 45.9. The van der Waals surface area contributed by atoms with Gasteiger partial charge in [0.1, 0.15) is 10.7 Å². The highest BCUT2D eigenvalue weighted by atomic mass is 32.1. The van der Waals surface area contributed by atoms with E-state index in [0.29, 0.717) is 22.5 Å². The number of rotatable bonds is 7. The molecule has 0 spiro atoms. The molecule has 2 N–H and O–H groups in total. The number of carboxylic acid groups (broad SMARTS) is 1. The third-order valence-electron chi connectivity index (χ3n) is 4.17. The highest BCUT2D eigenvalue weighted by Gasteiger charge is 2.19. The van der Waals surface area contributed by atoms with Gasteiger partial charge in [0.2, 0.25) is 5.91 Å². The van der Waals surface area contributed by atoms with Gasteiger partial charge in [-0.05, 0) is 33.3 Å². The minimum Gasteiger partial charge on any atom is -0.481 e. The monoisotopic (exact) mass is 365 g/mol. The maximum Gasteiger partial charge on any atom is 0.305 e. The zero-order valence-corrected chi connectivity index (χ0v) is 15.7. The molecule has 0 aromatic carbocycles. The summed E-state index contributed by atoms with van der Waals surface area (Å²) < 4.78 is 0. The molecule has 2 heterocycles. The van der Waals surface area contributed by atoms with Crippen molar-refractivity contribution in [1.82, 2.24) is 14.9 Å². The Morgan fingerprint density at radius 1 is 1.28 bits per heavy atom. The molecule has 2 rings (SSSR count). The van der Waals surface area contributed by atoms with E-state index in [1.165, 1.54) is 11.3 Å². The number of carbonyl (C=O) groups excluding carboxylic acids is 1. The largest absolute Gasteiger partial charge is 0.481 e. The number of aromatic nitrogens is 2. The summed E-state index contributed by atoms with van der Waals surface area (Å²) >= 11 is 1.47. The van der Waals surface area contributed by atoms with Crippen LogP contribution in [0.15, 0.2) is 4.79 Å². The SMILES string of the molecule is Cc1sc2nc(CCC(=O)N(CCC(=O)O)C(C)C)[nH]c(=O)c2c1C. The maximum atomic E-state index is 12.4. The highest BCUT2D eigenvalue weighted by Crippen LogP contribution is 2.25. The first kappa shape index (κ1) is 19.1. The second kappa shape index (κ2) is 7.77. The normalized spacial score (nSPS) is 11.2. The lowest BCUT2D eigenvalue weighted by Gasteiger charge is -2.26. The second-order valence-electron chi connectivity index (χ2n) is 6.30. The molecule has 0 fully saturated rings. The number of aromatic amines is 1. The zero-order valence-electron chi connectivity index (χ0n) is 14.9. The van der Waals surface area contributed by atoms with Crippen molar-refractivity contribution >= 4 is 33.4 Å². The van der Waals surface area contributed by atoms with Crippen LogP contribution in [0.2, 0.25) is 0 Å². The van der Waals surface area contributed by atoms with E-state index < -0.39 is 5.97 Å². The lowest BCUT2D eigenvalue weighted by Crippen LogP contribution is -2.38. The molecule has 0 bridgehead atoms. The summed E-state index contributed by atoms with van der Waals surface area (Å²) in [6, 6.07) is -0.0797. The van der Waals surface area contributed by atoms with E-state index in [1.807, 2.05) is 27.7 Å². The first-order chi connectivity index (χ1) is 11.7. The fourth-order valence-corrected chi connectivity index (χ4v) is 3.72. The quantitative estimate of drug-likeness (QED) is 0.783. The van der Waals surface area contributed by atoms with Crippen LogP contribution in [0, 0.1) is 13.8 Å². The van der Waals surface area contributed by atoms with E-state index >= 15 is 0 Å². The number of carbonyl (C=O) groups is 2. The van der Waals surface area contributed by atoms with Crippen LogP contribution in [-0.4, -0.2) is 44.4 Å². The Morgan fingerprint density at radius 2 is 1.96 bits per heavy atom. The number of nitrogens with zero attached hydrogens (tertiary/aromatic N) is 2. The third kappa shape index (κ3) is 4.45. The van der Waals surface area contributed by atoms with Crippen LogP contribution in [-0.2, 0) is 16.0 Å². The molecule has 0 aliphatic rings. The Morgan fingerprint density at radius 3 is 2.56 bits per heavy atom. The van der Waals surface area contributed by atoms with Crippen LogP contribution in [0.5, 0.6) is 0 Å². The molecule has 2 aromatic rings. The minimum absolute atomic E-state index is 0.0797. The summed E-state index contributed by atoms with van der Waals surface area (Å²) in [6.07, 6.45) is 0.407. The average Bonchev–Trinajstić information content (AvgIpc) is 2.79. The van der Waals surface area contributed by atoms with Gasteiger partial charge in [0.05, 0.1) is 11.8 Å². The first-order valence-corrected chi connectivity index (χ1v) is 9.02. The number of fused-ring (bicyclic) bond motifs is 1. The molecule has 2 aromatic heterocycles. The standard InChI is InChI=1S/C17H23N3O4S/c1-9(2)20(8-7-14(22)23)13(21)6-5-12-18-16(24)15-10(3)11(4)25-17(15)19-12/h9H,5-8H2,1-4H3,(H,22,23)(H,18,19,24). The molecule has 1 amide bonds. The molecule has 0 saturated heterocycles. The minimum atomic E-state index is -0.932. The number of aliphatic carboxylic acids is 1. The molecule has 0 aliphatic heterocycles. The van der Waals surface area contributed by atoms with Gasteiger partial charge in [-0.3, -0.25) is 14.4 Å². The van der Waals surface area contributed by atoms with Gasteiger partial charge in [0, 0.05) is 30.3 Å². The molecule has 0 unspecified atom stereocenters. The van der Waals surface area contributed by atoms with Crippen LogP contribution in [0.25, 0.3) is 10.2 Å². The van der Waals surface area contributed by atoms with Crippen LogP contribution in [0.3, 0.4) is 0 Å². The lowest BCUT2D eigenvalue weighted by molar-refractivity contribution is -0.139. The maximum absolute atomic E-state index is 12.4. The van der Waals surface area contributed by atoms with Gasteiger partial charge in [-0.25, -0.2) is 4.98 Å². The zero-order chi connectivity index (χ0) is 18.7. The molecule has 8 heteroatoms. The molecule has 136 valence electrons. The van der Waals surface area contributed by atoms with Crippen LogP contribution in [0.1, 0.15) is 43.0 Å². The van der Waals surface area contributed by atoms with Gasteiger partial charge < -0.3 is 15.0 Å². The Labute approximate surface area is 149 Å². The highest BCUT2D eigenvalue weighted by molar-refractivity contribution is 7.18. The van der Waals surface area contributed by atoms with Crippen molar-refractivity contribution in [2.75, 3.05) is 6.54 Å². The number of hydrogen-bond acceptors (Lipinski definition) is 5. The van der Waals surface area contributed by atoms with Gasteiger partial charge in [0.15, 0.2) is 0 Å². The molecule has 25 heavy (non-hydrogen) atoms. The summed E-state index contributed by atoms with van der Waals surface area (Å²) in [5, 5.41) is 9.42. The molecule has 0 radical (unpaired) electrons. The lowest BCUT2D eigenvalue weighted by atomic mass is 10.2. The van der Waals surface area contributed by atoms with E-state index in [4.69, 9.17) is 5.11 Å². The molecule has 0 atom stereocenters. The Balaban J connectivity index is 2.11. The number of amides is 1. The summed E-state index contributed by atoms with van der Waals surface area (Å²) in [5.74, 6) is -0.593. The van der Waals surface area contributed by atoms with Crippen molar-refractivity contribution in [2.24, 2.45) is 0 Å². The molecular formula is C17H23N3O4S. The van der Waals surface area contributed by atoms with Gasteiger partial charge in [0.25, 0.3) is 5.56 Å². The number of nitrogens with one attached hydrogen (secondary N) is 1. The Hall–Kier alpha value is -2.22. The van der Waals surface area contributed by atoms with Crippen molar-refractivity contribution in [1.29, 1.82) is 0 Å². The number of carboxylic acids is 1.